The van der Waals surface area contributed by atoms with Crippen LogP contribution in [0.15, 0.2) is 48.5 Å². The van der Waals surface area contributed by atoms with Crippen LogP contribution >= 0.6 is 0 Å². The Morgan fingerprint density at radius 3 is 2.43 bits per heavy atom. The molecule has 0 unspecified atom stereocenters. The first-order chi connectivity index (χ1) is 10.9. The number of hydrogen-bond donors (Lipinski definition) is 1. The van der Waals surface area contributed by atoms with E-state index in [4.69, 9.17) is 4.74 Å². The standard InChI is InChI=1S/C19H21NO3/c1-19(2,3)18(22)20-16-11-15(12-21)9-10-17(16)23-13-14-7-5-4-6-8-14/h4-12H,13H2,1-3H3,(H,20,22). The van der Waals surface area contributed by atoms with Crippen molar-refractivity contribution in [3.8, 4) is 5.75 Å². The summed E-state index contributed by atoms with van der Waals surface area (Å²) in [4.78, 5) is 23.2. The molecule has 2 rings (SSSR count). The number of amides is 1. The zero-order valence-electron chi connectivity index (χ0n) is 13.6. The molecule has 0 aliphatic heterocycles. The Morgan fingerprint density at radius 1 is 1.13 bits per heavy atom. The summed E-state index contributed by atoms with van der Waals surface area (Å²) >= 11 is 0. The fourth-order valence-electron chi connectivity index (χ4n) is 1.89. The summed E-state index contributed by atoms with van der Waals surface area (Å²) in [6.07, 6.45) is 0.744. The zero-order valence-corrected chi connectivity index (χ0v) is 13.6. The van der Waals surface area contributed by atoms with Gasteiger partial charge in [0.05, 0.1) is 5.69 Å². The third kappa shape index (κ3) is 4.68. The second kappa shape index (κ2) is 7.09. The number of ether oxygens (including phenoxy) is 1. The molecule has 0 fully saturated rings. The van der Waals surface area contributed by atoms with Crippen molar-refractivity contribution in [1.82, 2.24) is 0 Å². The minimum absolute atomic E-state index is 0.134. The molecular weight excluding hydrogens is 290 g/mol. The monoisotopic (exact) mass is 311 g/mol. The van der Waals surface area contributed by atoms with Crippen molar-refractivity contribution in [2.24, 2.45) is 5.41 Å². The van der Waals surface area contributed by atoms with Gasteiger partial charge in [0, 0.05) is 11.0 Å². The quantitative estimate of drug-likeness (QED) is 0.847. The number of anilines is 1. The van der Waals surface area contributed by atoms with Crippen LogP contribution in [0.25, 0.3) is 0 Å². The van der Waals surface area contributed by atoms with Crippen molar-refractivity contribution in [1.29, 1.82) is 0 Å². The fourth-order valence-corrected chi connectivity index (χ4v) is 1.89. The van der Waals surface area contributed by atoms with Crippen LogP contribution in [-0.2, 0) is 11.4 Å². The van der Waals surface area contributed by atoms with E-state index in [2.05, 4.69) is 5.32 Å². The summed E-state index contributed by atoms with van der Waals surface area (Å²) < 4.78 is 5.81. The molecule has 23 heavy (non-hydrogen) atoms. The Hall–Kier alpha value is -2.62. The van der Waals surface area contributed by atoms with Gasteiger partial charge in [-0.1, -0.05) is 51.1 Å². The van der Waals surface area contributed by atoms with Crippen molar-refractivity contribution < 1.29 is 14.3 Å². The van der Waals surface area contributed by atoms with Crippen LogP contribution in [-0.4, -0.2) is 12.2 Å². The van der Waals surface area contributed by atoms with E-state index in [1.165, 1.54) is 0 Å². The first kappa shape index (κ1) is 16.7. The van der Waals surface area contributed by atoms with Crippen LogP contribution in [0.3, 0.4) is 0 Å². The molecule has 0 atom stereocenters. The SMILES string of the molecule is CC(C)(C)C(=O)Nc1cc(C=O)ccc1OCc1ccccc1. The van der Waals surface area contributed by atoms with Gasteiger partial charge in [-0.05, 0) is 23.8 Å². The molecule has 0 saturated carbocycles. The van der Waals surface area contributed by atoms with Crippen LogP contribution in [0, 0.1) is 5.41 Å². The molecule has 4 nitrogen and oxygen atoms in total. The third-order valence-electron chi connectivity index (χ3n) is 3.31. The van der Waals surface area contributed by atoms with E-state index in [1.54, 1.807) is 18.2 Å². The van der Waals surface area contributed by atoms with Gasteiger partial charge < -0.3 is 10.1 Å². The Morgan fingerprint density at radius 2 is 1.83 bits per heavy atom. The molecule has 0 aromatic heterocycles. The van der Waals surface area contributed by atoms with Crippen molar-refractivity contribution in [3.05, 3.63) is 59.7 Å². The highest BCUT2D eigenvalue weighted by atomic mass is 16.5. The summed E-state index contributed by atoms with van der Waals surface area (Å²) in [7, 11) is 0. The summed E-state index contributed by atoms with van der Waals surface area (Å²) in [5.74, 6) is 0.405. The summed E-state index contributed by atoms with van der Waals surface area (Å²) in [5, 5.41) is 2.84. The highest BCUT2D eigenvalue weighted by Crippen LogP contribution is 2.28. The molecule has 0 radical (unpaired) electrons. The summed E-state index contributed by atoms with van der Waals surface area (Å²) in [5.41, 5.74) is 1.49. The van der Waals surface area contributed by atoms with E-state index >= 15 is 0 Å². The highest BCUT2D eigenvalue weighted by Gasteiger charge is 2.22. The predicted octanol–water partition coefficient (Wildman–Crippen LogP) is 4.06. The molecule has 4 heteroatoms. The molecule has 1 N–H and O–H groups in total. The van der Waals surface area contributed by atoms with E-state index in [0.717, 1.165) is 11.8 Å². The number of carbonyl (C=O) groups is 2. The lowest BCUT2D eigenvalue weighted by atomic mass is 9.95. The molecule has 0 aliphatic carbocycles. The predicted molar refractivity (Wildman–Crippen MR) is 90.7 cm³/mol. The van der Waals surface area contributed by atoms with Gasteiger partial charge in [-0.25, -0.2) is 0 Å². The van der Waals surface area contributed by atoms with E-state index in [1.807, 2.05) is 51.1 Å². The smallest absolute Gasteiger partial charge is 0.229 e. The second-order valence-electron chi connectivity index (χ2n) is 6.35. The van der Waals surface area contributed by atoms with Crippen molar-refractivity contribution in [2.45, 2.75) is 27.4 Å². The lowest BCUT2D eigenvalue weighted by Gasteiger charge is -2.19. The molecule has 0 bridgehead atoms. The number of carbonyl (C=O) groups excluding carboxylic acids is 2. The van der Waals surface area contributed by atoms with Crippen molar-refractivity contribution in [2.75, 3.05) is 5.32 Å². The van der Waals surface area contributed by atoms with Crippen LogP contribution in [0.1, 0.15) is 36.7 Å². The number of benzene rings is 2. The summed E-state index contributed by atoms with van der Waals surface area (Å²) in [6, 6.07) is 14.7. The normalized spacial score (nSPS) is 10.9. The summed E-state index contributed by atoms with van der Waals surface area (Å²) in [6.45, 7) is 5.88. The van der Waals surface area contributed by atoms with Gasteiger partial charge in [0.1, 0.15) is 18.6 Å². The maximum atomic E-state index is 12.2. The van der Waals surface area contributed by atoms with Gasteiger partial charge >= 0.3 is 0 Å². The van der Waals surface area contributed by atoms with Gasteiger partial charge in [-0.15, -0.1) is 0 Å². The van der Waals surface area contributed by atoms with Gasteiger partial charge in [0.25, 0.3) is 0 Å². The van der Waals surface area contributed by atoms with E-state index in [9.17, 15) is 9.59 Å². The molecule has 2 aromatic rings. The Kier molecular flexibility index (Phi) is 5.16. The molecule has 0 heterocycles. The second-order valence-corrected chi connectivity index (χ2v) is 6.35. The molecular formula is C19H21NO3. The molecule has 1 amide bonds. The largest absolute Gasteiger partial charge is 0.487 e. The van der Waals surface area contributed by atoms with Crippen molar-refractivity contribution in [3.63, 3.8) is 0 Å². The molecule has 0 saturated heterocycles. The van der Waals surface area contributed by atoms with Crippen LogP contribution in [0.5, 0.6) is 5.75 Å². The fraction of sp³-hybridized carbons (Fsp3) is 0.263. The Labute approximate surface area is 136 Å². The first-order valence-electron chi connectivity index (χ1n) is 7.47. The van der Waals surface area contributed by atoms with Gasteiger partial charge in [-0.3, -0.25) is 9.59 Å². The molecule has 0 aliphatic rings. The first-order valence-corrected chi connectivity index (χ1v) is 7.47. The average molecular weight is 311 g/mol. The van der Waals surface area contributed by atoms with Crippen molar-refractivity contribution >= 4 is 17.9 Å². The molecule has 2 aromatic carbocycles. The lowest BCUT2D eigenvalue weighted by Crippen LogP contribution is -2.27. The van der Waals surface area contributed by atoms with Crippen LogP contribution < -0.4 is 10.1 Å². The Balaban J connectivity index is 2.21. The number of aldehydes is 1. The van der Waals surface area contributed by atoms with Gasteiger partial charge in [0.2, 0.25) is 5.91 Å². The third-order valence-corrected chi connectivity index (χ3v) is 3.31. The maximum Gasteiger partial charge on any atom is 0.229 e. The lowest BCUT2D eigenvalue weighted by molar-refractivity contribution is -0.123. The van der Waals surface area contributed by atoms with E-state index in [-0.39, 0.29) is 5.91 Å². The minimum Gasteiger partial charge on any atom is -0.487 e. The van der Waals surface area contributed by atoms with Crippen LogP contribution in [0.4, 0.5) is 5.69 Å². The number of nitrogens with one attached hydrogen (secondary N) is 1. The molecule has 120 valence electrons. The highest BCUT2D eigenvalue weighted by molar-refractivity contribution is 5.96. The molecule has 0 spiro atoms. The topological polar surface area (TPSA) is 55.4 Å². The van der Waals surface area contributed by atoms with E-state index < -0.39 is 5.41 Å². The number of rotatable bonds is 5. The maximum absolute atomic E-state index is 12.2. The average Bonchev–Trinajstić information content (AvgIpc) is 2.53. The van der Waals surface area contributed by atoms with E-state index in [0.29, 0.717) is 23.6 Å². The van der Waals surface area contributed by atoms with Gasteiger partial charge in [-0.2, -0.15) is 0 Å². The minimum atomic E-state index is -0.534. The number of hydrogen-bond acceptors (Lipinski definition) is 3. The zero-order chi connectivity index (χ0) is 16.9. The van der Waals surface area contributed by atoms with Crippen LogP contribution in [0.2, 0.25) is 0 Å². The van der Waals surface area contributed by atoms with Gasteiger partial charge in [0.15, 0.2) is 0 Å². The Bertz CT molecular complexity index is 688.